The average molecular weight is 253 g/mol. The molecule has 0 bridgehead atoms. The van der Waals surface area contributed by atoms with E-state index in [0.717, 1.165) is 12.4 Å². The van der Waals surface area contributed by atoms with E-state index in [2.05, 4.69) is 20.5 Å². The maximum atomic E-state index is 5.80. The summed E-state index contributed by atoms with van der Waals surface area (Å²) in [6, 6.07) is 3.36. The van der Waals surface area contributed by atoms with Crippen molar-refractivity contribution in [3.05, 3.63) is 29.4 Å². The number of pyridine rings is 1. The second-order valence-electron chi connectivity index (χ2n) is 3.46. The molecular formula is C10H13ClN6. The highest BCUT2D eigenvalue weighted by Crippen LogP contribution is 2.18. The van der Waals surface area contributed by atoms with Crippen LogP contribution < -0.4 is 11.1 Å². The van der Waals surface area contributed by atoms with Crippen molar-refractivity contribution < 1.29 is 0 Å². The van der Waals surface area contributed by atoms with Crippen molar-refractivity contribution in [2.75, 3.05) is 11.1 Å². The second kappa shape index (κ2) is 5.01. The van der Waals surface area contributed by atoms with Gasteiger partial charge in [-0.3, -0.25) is 0 Å². The maximum Gasteiger partial charge on any atom is 0.152 e. The third kappa shape index (κ3) is 2.65. The highest BCUT2D eigenvalue weighted by atomic mass is 35.5. The van der Waals surface area contributed by atoms with E-state index in [1.54, 1.807) is 18.5 Å². The molecule has 0 aliphatic heterocycles. The predicted octanol–water partition coefficient (Wildman–Crippen LogP) is 1.54. The van der Waals surface area contributed by atoms with Gasteiger partial charge in [0, 0.05) is 6.54 Å². The van der Waals surface area contributed by atoms with Gasteiger partial charge in [-0.25, -0.2) is 4.98 Å². The average Bonchev–Trinajstić information content (AvgIpc) is 2.77. The molecule has 0 unspecified atom stereocenters. The Balaban J connectivity index is 2.09. The van der Waals surface area contributed by atoms with Crippen LogP contribution in [-0.4, -0.2) is 19.7 Å². The Labute approximate surface area is 104 Å². The molecule has 2 aromatic rings. The number of hydrogen-bond acceptors (Lipinski definition) is 5. The predicted molar refractivity (Wildman–Crippen MR) is 66.7 cm³/mol. The van der Waals surface area contributed by atoms with Gasteiger partial charge >= 0.3 is 0 Å². The zero-order valence-electron chi connectivity index (χ0n) is 9.39. The largest absolute Gasteiger partial charge is 0.396 e. The van der Waals surface area contributed by atoms with E-state index < -0.39 is 0 Å². The molecule has 0 saturated carbocycles. The number of halogens is 1. The van der Waals surface area contributed by atoms with Gasteiger partial charge in [-0.15, -0.1) is 10.2 Å². The van der Waals surface area contributed by atoms with Gasteiger partial charge < -0.3 is 15.6 Å². The van der Waals surface area contributed by atoms with E-state index in [1.807, 2.05) is 11.5 Å². The number of aromatic nitrogens is 4. The lowest BCUT2D eigenvalue weighted by Crippen LogP contribution is -2.09. The van der Waals surface area contributed by atoms with Gasteiger partial charge in [-0.1, -0.05) is 11.6 Å². The summed E-state index contributed by atoms with van der Waals surface area (Å²) >= 11 is 5.80. The summed E-state index contributed by atoms with van der Waals surface area (Å²) in [7, 11) is 0. The Hall–Kier alpha value is -1.82. The number of nitrogens with two attached hydrogens (primary N) is 1. The van der Waals surface area contributed by atoms with Crippen LogP contribution in [0.15, 0.2) is 18.5 Å². The Morgan fingerprint density at radius 2 is 2.29 bits per heavy atom. The van der Waals surface area contributed by atoms with Crippen molar-refractivity contribution in [1.82, 2.24) is 19.7 Å². The van der Waals surface area contributed by atoms with Crippen LogP contribution in [0.4, 0.5) is 11.5 Å². The Morgan fingerprint density at radius 3 is 3.06 bits per heavy atom. The summed E-state index contributed by atoms with van der Waals surface area (Å²) in [5.74, 6) is 1.39. The lowest BCUT2D eigenvalue weighted by molar-refractivity contribution is 0.707. The molecule has 0 spiro atoms. The molecule has 3 N–H and O–H groups in total. The third-order valence-corrected chi connectivity index (χ3v) is 2.55. The van der Waals surface area contributed by atoms with Gasteiger partial charge in [-0.05, 0) is 19.1 Å². The van der Waals surface area contributed by atoms with Crippen LogP contribution in [0.25, 0.3) is 0 Å². The Kier molecular flexibility index (Phi) is 3.43. The van der Waals surface area contributed by atoms with E-state index >= 15 is 0 Å². The van der Waals surface area contributed by atoms with Crippen LogP contribution in [0.2, 0.25) is 5.15 Å². The molecule has 2 aromatic heterocycles. The summed E-state index contributed by atoms with van der Waals surface area (Å²) in [5.41, 5.74) is 6.33. The minimum Gasteiger partial charge on any atom is -0.396 e. The molecule has 0 aliphatic carbocycles. The van der Waals surface area contributed by atoms with E-state index in [9.17, 15) is 0 Å². The smallest absolute Gasteiger partial charge is 0.152 e. The molecule has 90 valence electrons. The molecule has 0 aliphatic rings. The molecular weight excluding hydrogens is 240 g/mol. The molecule has 0 amide bonds. The number of nitrogen functional groups attached to an aromatic ring is 1. The minimum atomic E-state index is 0.402. The molecule has 6 nitrogen and oxygen atoms in total. The fourth-order valence-corrected chi connectivity index (χ4v) is 1.58. The van der Waals surface area contributed by atoms with Gasteiger partial charge in [0.05, 0.1) is 12.2 Å². The fourth-order valence-electron chi connectivity index (χ4n) is 1.43. The molecule has 2 heterocycles. The molecule has 0 radical (unpaired) electrons. The standard InChI is InChI=1S/C10H13ClN6/c1-2-17-6-14-16-9(17)5-13-10-7(12)3-4-8(11)15-10/h3-4,6H,2,5,12H2,1H3,(H,13,15). The number of aryl methyl sites for hydroxylation is 1. The van der Waals surface area contributed by atoms with E-state index in [0.29, 0.717) is 23.2 Å². The van der Waals surface area contributed by atoms with Gasteiger partial charge in [0.15, 0.2) is 11.6 Å². The SMILES string of the molecule is CCn1cnnc1CNc1nc(Cl)ccc1N. The number of hydrogen-bond donors (Lipinski definition) is 2. The van der Waals surface area contributed by atoms with Crippen molar-refractivity contribution in [1.29, 1.82) is 0 Å². The number of nitrogens with one attached hydrogen (secondary N) is 1. The number of nitrogens with zero attached hydrogens (tertiary/aromatic N) is 4. The fraction of sp³-hybridized carbons (Fsp3) is 0.300. The molecule has 17 heavy (non-hydrogen) atoms. The monoisotopic (exact) mass is 252 g/mol. The van der Waals surface area contributed by atoms with Crippen LogP contribution in [0.1, 0.15) is 12.7 Å². The minimum absolute atomic E-state index is 0.402. The lowest BCUT2D eigenvalue weighted by Gasteiger charge is -2.08. The van der Waals surface area contributed by atoms with Crippen molar-refractivity contribution >= 4 is 23.1 Å². The molecule has 0 atom stereocenters. The van der Waals surface area contributed by atoms with Gasteiger partial charge in [0.25, 0.3) is 0 Å². The van der Waals surface area contributed by atoms with Crippen molar-refractivity contribution in [2.24, 2.45) is 0 Å². The van der Waals surface area contributed by atoms with Gasteiger partial charge in [-0.2, -0.15) is 0 Å². The van der Waals surface area contributed by atoms with Gasteiger partial charge in [0.2, 0.25) is 0 Å². The van der Waals surface area contributed by atoms with Crippen molar-refractivity contribution in [3.8, 4) is 0 Å². The highest BCUT2D eigenvalue weighted by Gasteiger charge is 2.05. The summed E-state index contributed by atoms with van der Waals surface area (Å²) in [5, 5.41) is 11.3. The summed E-state index contributed by atoms with van der Waals surface area (Å²) in [6.45, 7) is 3.35. The molecule has 2 rings (SSSR count). The third-order valence-electron chi connectivity index (χ3n) is 2.34. The van der Waals surface area contributed by atoms with E-state index in [-0.39, 0.29) is 0 Å². The lowest BCUT2D eigenvalue weighted by atomic mass is 10.4. The first-order valence-electron chi connectivity index (χ1n) is 5.23. The van der Waals surface area contributed by atoms with Crippen LogP contribution in [0.5, 0.6) is 0 Å². The van der Waals surface area contributed by atoms with Crippen LogP contribution in [-0.2, 0) is 13.1 Å². The van der Waals surface area contributed by atoms with Gasteiger partial charge in [0.1, 0.15) is 11.5 Å². The molecule has 7 heteroatoms. The topological polar surface area (TPSA) is 81.7 Å². The van der Waals surface area contributed by atoms with Crippen molar-refractivity contribution in [2.45, 2.75) is 20.0 Å². The summed E-state index contributed by atoms with van der Waals surface area (Å²) < 4.78 is 1.94. The zero-order valence-corrected chi connectivity index (χ0v) is 10.1. The summed E-state index contributed by atoms with van der Waals surface area (Å²) in [6.07, 6.45) is 1.69. The molecule has 0 aromatic carbocycles. The number of anilines is 2. The normalized spacial score (nSPS) is 10.5. The first kappa shape index (κ1) is 11.7. The first-order valence-corrected chi connectivity index (χ1v) is 5.61. The Bertz CT molecular complexity index is 509. The first-order chi connectivity index (χ1) is 8.20. The van der Waals surface area contributed by atoms with E-state index in [4.69, 9.17) is 17.3 Å². The van der Waals surface area contributed by atoms with Crippen LogP contribution in [0, 0.1) is 0 Å². The zero-order chi connectivity index (χ0) is 12.3. The maximum absolute atomic E-state index is 5.80. The quantitative estimate of drug-likeness (QED) is 0.807. The van der Waals surface area contributed by atoms with Crippen LogP contribution in [0.3, 0.4) is 0 Å². The molecule has 0 fully saturated rings. The number of rotatable bonds is 4. The second-order valence-corrected chi connectivity index (χ2v) is 3.85. The van der Waals surface area contributed by atoms with E-state index in [1.165, 1.54) is 0 Å². The Morgan fingerprint density at radius 1 is 1.47 bits per heavy atom. The van der Waals surface area contributed by atoms with Crippen molar-refractivity contribution in [3.63, 3.8) is 0 Å². The highest BCUT2D eigenvalue weighted by molar-refractivity contribution is 6.29. The summed E-state index contributed by atoms with van der Waals surface area (Å²) in [4.78, 5) is 4.10. The molecule has 0 saturated heterocycles. The van der Waals surface area contributed by atoms with Crippen LogP contribution >= 0.6 is 11.6 Å².